The smallest absolute Gasteiger partial charge is 0.0233 e. The topological polar surface area (TPSA) is 15.3 Å². The van der Waals surface area contributed by atoms with Crippen molar-refractivity contribution in [2.75, 3.05) is 13.1 Å². The average Bonchev–Trinajstić information content (AvgIpc) is 2.65. The van der Waals surface area contributed by atoms with Gasteiger partial charge in [-0.1, -0.05) is 30.3 Å². The molecule has 1 N–H and O–H groups in total. The van der Waals surface area contributed by atoms with Crippen molar-refractivity contribution in [1.82, 2.24) is 10.2 Å². The van der Waals surface area contributed by atoms with E-state index in [4.69, 9.17) is 0 Å². The van der Waals surface area contributed by atoms with Crippen molar-refractivity contribution >= 4 is 0 Å². The molecule has 98 valence electrons. The fourth-order valence-electron chi connectivity index (χ4n) is 3.61. The fourth-order valence-corrected chi connectivity index (χ4v) is 3.61. The van der Waals surface area contributed by atoms with Gasteiger partial charge in [0.1, 0.15) is 0 Å². The molecule has 2 heteroatoms. The predicted molar refractivity (Wildman–Crippen MR) is 75.4 cm³/mol. The van der Waals surface area contributed by atoms with Gasteiger partial charge in [0.25, 0.3) is 0 Å². The summed E-state index contributed by atoms with van der Waals surface area (Å²) < 4.78 is 0. The molecule has 2 aliphatic rings. The lowest BCUT2D eigenvalue weighted by molar-refractivity contribution is 0.268. The van der Waals surface area contributed by atoms with Crippen LogP contribution < -0.4 is 5.32 Å². The van der Waals surface area contributed by atoms with E-state index in [1.807, 2.05) is 0 Å². The highest BCUT2D eigenvalue weighted by Gasteiger charge is 2.33. The van der Waals surface area contributed by atoms with Gasteiger partial charge in [-0.2, -0.15) is 0 Å². The first-order valence-corrected chi connectivity index (χ1v) is 7.33. The minimum absolute atomic E-state index is 0.737. The van der Waals surface area contributed by atoms with E-state index in [0.717, 1.165) is 24.5 Å². The van der Waals surface area contributed by atoms with Crippen LogP contribution in [0.4, 0.5) is 0 Å². The van der Waals surface area contributed by atoms with Crippen molar-refractivity contribution in [3.63, 3.8) is 0 Å². The summed E-state index contributed by atoms with van der Waals surface area (Å²) in [6.07, 6.45) is 4.07. The monoisotopic (exact) mass is 244 g/mol. The van der Waals surface area contributed by atoms with Gasteiger partial charge >= 0.3 is 0 Å². The summed E-state index contributed by atoms with van der Waals surface area (Å²) in [5, 5.41) is 3.75. The van der Waals surface area contributed by atoms with Crippen LogP contribution in [0.25, 0.3) is 0 Å². The van der Waals surface area contributed by atoms with Crippen molar-refractivity contribution in [1.29, 1.82) is 0 Å². The normalized spacial score (nSPS) is 33.1. The van der Waals surface area contributed by atoms with Crippen molar-refractivity contribution in [2.45, 2.75) is 44.8 Å². The van der Waals surface area contributed by atoms with Gasteiger partial charge in [-0.15, -0.1) is 0 Å². The van der Waals surface area contributed by atoms with Gasteiger partial charge in [-0.25, -0.2) is 0 Å². The molecule has 2 saturated heterocycles. The predicted octanol–water partition coefficient (Wildman–Crippen LogP) is 2.65. The number of rotatable bonds is 2. The van der Waals surface area contributed by atoms with E-state index in [0.29, 0.717) is 0 Å². The minimum Gasteiger partial charge on any atom is -0.311 e. The van der Waals surface area contributed by atoms with Crippen molar-refractivity contribution in [3.05, 3.63) is 35.9 Å². The number of nitrogens with zero attached hydrogens (tertiary/aromatic N) is 1. The lowest BCUT2D eigenvalue weighted by Crippen LogP contribution is -2.31. The van der Waals surface area contributed by atoms with Crippen LogP contribution >= 0.6 is 0 Å². The molecule has 1 aromatic carbocycles. The second kappa shape index (κ2) is 5.41. The van der Waals surface area contributed by atoms with E-state index >= 15 is 0 Å². The van der Waals surface area contributed by atoms with Gasteiger partial charge in [0.2, 0.25) is 0 Å². The second-order valence-corrected chi connectivity index (χ2v) is 6.01. The first-order valence-electron chi connectivity index (χ1n) is 7.33. The van der Waals surface area contributed by atoms with Crippen LogP contribution in [0.5, 0.6) is 0 Å². The zero-order valence-electron chi connectivity index (χ0n) is 11.3. The molecule has 3 rings (SSSR count). The molecule has 18 heavy (non-hydrogen) atoms. The Balaban J connectivity index is 1.57. The SMILES string of the molecule is CC1CC2CCN(Cc3ccccc3)CCC2N1. The molecule has 0 aliphatic carbocycles. The third-order valence-corrected chi connectivity index (χ3v) is 4.55. The molecule has 2 nitrogen and oxygen atoms in total. The van der Waals surface area contributed by atoms with Crippen molar-refractivity contribution in [3.8, 4) is 0 Å². The molecule has 3 unspecified atom stereocenters. The highest BCUT2D eigenvalue weighted by molar-refractivity contribution is 5.14. The molecule has 0 bridgehead atoms. The highest BCUT2D eigenvalue weighted by atomic mass is 15.1. The Morgan fingerprint density at radius 2 is 1.94 bits per heavy atom. The number of hydrogen-bond donors (Lipinski definition) is 1. The maximum absolute atomic E-state index is 3.75. The summed E-state index contributed by atoms with van der Waals surface area (Å²) in [4.78, 5) is 2.62. The lowest BCUT2D eigenvalue weighted by atomic mass is 9.95. The van der Waals surface area contributed by atoms with E-state index in [2.05, 4.69) is 47.5 Å². The Labute approximate surface area is 110 Å². The van der Waals surface area contributed by atoms with Gasteiger partial charge < -0.3 is 5.32 Å². The number of benzene rings is 1. The van der Waals surface area contributed by atoms with Crippen LogP contribution in [-0.4, -0.2) is 30.1 Å². The van der Waals surface area contributed by atoms with Gasteiger partial charge in [-0.3, -0.25) is 4.90 Å². The summed E-state index contributed by atoms with van der Waals surface area (Å²) in [7, 11) is 0. The molecular weight excluding hydrogens is 220 g/mol. The van der Waals surface area contributed by atoms with Crippen molar-refractivity contribution in [2.24, 2.45) is 5.92 Å². The molecule has 0 saturated carbocycles. The molecule has 1 aromatic rings. The Morgan fingerprint density at radius 3 is 2.78 bits per heavy atom. The first-order chi connectivity index (χ1) is 8.81. The molecule has 0 amide bonds. The third-order valence-electron chi connectivity index (χ3n) is 4.55. The molecule has 0 radical (unpaired) electrons. The van der Waals surface area contributed by atoms with E-state index in [-0.39, 0.29) is 0 Å². The van der Waals surface area contributed by atoms with Gasteiger partial charge in [0.15, 0.2) is 0 Å². The zero-order valence-corrected chi connectivity index (χ0v) is 11.3. The minimum atomic E-state index is 0.737. The van der Waals surface area contributed by atoms with Crippen LogP contribution in [0.3, 0.4) is 0 Å². The van der Waals surface area contributed by atoms with Gasteiger partial charge in [0, 0.05) is 18.6 Å². The number of likely N-dealkylation sites (tertiary alicyclic amines) is 1. The standard InChI is InChI=1S/C16H24N2/c1-13-11-15-7-9-18(10-8-16(15)17-13)12-14-5-3-2-4-6-14/h2-6,13,15-17H,7-12H2,1H3. The van der Waals surface area contributed by atoms with Crippen LogP contribution in [0.15, 0.2) is 30.3 Å². The largest absolute Gasteiger partial charge is 0.311 e. The summed E-state index contributed by atoms with van der Waals surface area (Å²) in [6, 6.07) is 12.4. The Morgan fingerprint density at radius 1 is 1.17 bits per heavy atom. The van der Waals surface area contributed by atoms with E-state index < -0.39 is 0 Å². The van der Waals surface area contributed by atoms with Crippen LogP contribution in [-0.2, 0) is 6.54 Å². The molecule has 2 aliphatic heterocycles. The molecule has 0 spiro atoms. The summed E-state index contributed by atoms with van der Waals surface area (Å²) >= 11 is 0. The first kappa shape index (κ1) is 12.2. The number of fused-ring (bicyclic) bond motifs is 1. The molecule has 2 heterocycles. The number of hydrogen-bond acceptors (Lipinski definition) is 2. The molecular formula is C16H24N2. The highest BCUT2D eigenvalue weighted by Crippen LogP contribution is 2.29. The van der Waals surface area contributed by atoms with Gasteiger partial charge in [0.05, 0.1) is 0 Å². The fraction of sp³-hybridized carbons (Fsp3) is 0.625. The zero-order chi connectivity index (χ0) is 12.4. The van der Waals surface area contributed by atoms with Crippen LogP contribution in [0.1, 0.15) is 31.7 Å². The maximum Gasteiger partial charge on any atom is 0.0233 e. The summed E-state index contributed by atoms with van der Waals surface area (Å²) in [5.41, 5.74) is 1.45. The molecule has 3 atom stereocenters. The molecule has 0 aromatic heterocycles. The summed E-state index contributed by atoms with van der Waals surface area (Å²) in [5.74, 6) is 0.917. The van der Waals surface area contributed by atoms with E-state index in [9.17, 15) is 0 Å². The van der Waals surface area contributed by atoms with Crippen LogP contribution in [0, 0.1) is 5.92 Å². The average molecular weight is 244 g/mol. The third kappa shape index (κ3) is 2.76. The number of nitrogens with one attached hydrogen (secondary N) is 1. The second-order valence-electron chi connectivity index (χ2n) is 6.01. The Bertz CT molecular complexity index is 360. The molecule has 2 fully saturated rings. The maximum atomic E-state index is 3.75. The van der Waals surface area contributed by atoms with Crippen LogP contribution in [0.2, 0.25) is 0 Å². The van der Waals surface area contributed by atoms with Crippen molar-refractivity contribution < 1.29 is 0 Å². The quantitative estimate of drug-likeness (QED) is 0.860. The summed E-state index contributed by atoms with van der Waals surface area (Å²) in [6.45, 7) is 5.96. The van der Waals surface area contributed by atoms with E-state index in [1.165, 1.54) is 37.9 Å². The van der Waals surface area contributed by atoms with E-state index in [1.54, 1.807) is 0 Å². The lowest BCUT2D eigenvalue weighted by Gasteiger charge is -2.20. The Kier molecular flexibility index (Phi) is 3.67. The van der Waals surface area contributed by atoms with Gasteiger partial charge in [-0.05, 0) is 50.8 Å². The Hall–Kier alpha value is -0.860.